The van der Waals surface area contributed by atoms with Crippen LogP contribution >= 0.6 is 0 Å². The number of rotatable bonds is 9. The monoisotopic (exact) mass is 453 g/mol. The topological polar surface area (TPSA) is 62.1 Å². The Kier molecular flexibility index (Phi) is 7.78. The molecule has 31 heavy (non-hydrogen) atoms. The predicted molar refractivity (Wildman–Crippen MR) is 122 cm³/mol. The molecule has 0 radical (unpaired) electrons. The fourth-order valence-corrected chi connectivity index (χ4v) is 4.04. The Bertz CT molecular complexity index is 1040. The minimum absolute atomic E-state index is 0. The first-order valence-electron chi connectivity index (χ1n) is 10.8. The molecule has 0 bridgehead atoms. The van der Waals surface area contributed by atoms with E-state index in [1.165, 1.54) is 16.3 Å². The van der Waals surface area contributed by atoms with Gasteiger partial charge in [-0.3, -0.25) is 4.79 Å². The molecular formula is C26H29CrN2O2-. The van der Waals surface area contributed by atoms with Gasteiger partial charge in [0.25, 0.3) is 5.91 Å². The molecule has 1 aliphatic rings. The summed E-state index contributed by atoms with van der Waals surface area (Å²) in [6.07, 6.45) is 4.74. The van der Waals surface area contributed by atoms with Crippen LogP contribution in [0.15, 0.2) is 60.7 Å². The van der Waals surface area contributed by atoms with Crippen molar-refractivity contribution in [3.8, 4) is 5.75 Å². The first kappa shape index (κ1) is 23.3. The van der Waals surface area contributed by atoms with E-state index in [2.05, 4.69) is 41.7 Å². The Morgan fingerprint density at radius 1 is 1.03 bits per heavy atom. The van der Waals surface area contributed by atoms with Crippen molar-refractivity contribution in [1.82, 2.24) is 5.32 Å². The molecule has 1 amide bonds. The molecule has 162 valence electrons. The summed E-state index contributed by atoms with van der Waals surface area (Å²) in [6, 6.07) is 20.4. The molecule has 4 rings (SSSR count). The standard InChI is InChI=1S/C26H29N2O2.Cr/c1-19-12-13-21(30-17-6-2-5-16-27)18-23(19)25(29)28-26(14-15-26)24-11-7-9-20-8-3-4-10-22(20)24;/h3-4,7-13,18,27H,2,5-6,14-17H2,1H3,(H,28,29);/q-1;. The van der Waals surface area contributed by atoms with Gasteiger partial charge in [-0.15, -0.1) is 0 Å². The molecule has 0 aromatic heterocycles. The number of unbranched alkanes of at least 4 members (excludes halogenated alkanes) is 2. The van der Waals surface area contributed by atoms with Crippen molar-refractivity contribution >= 4 is 16.7 Å². The van der Waals surface area contributed by atoms with Gasteiger partial charge in [0.05, 0.1) is 12.1 Å². The summed E-state index contributed by atoms with van der Waals surface area (Å²) in [5, 5.41) is 5.74. The van der Waals surface area contributed by atoms with Crippen molar-refractivity contribution in [1.29, 1.82) is 0 Å². The number of carbonyl (C=O) groups excluding carboxylic acids is 1. The Hall–Kier alpha value is -2.32. The second kappa shape index (κ2) is 10.3. The van der Waals surface area contributed by atoms with Crippen LogP contribution in [0.1, 0.15) is 53.6 Å². The molecule has 4 nitrogen and oxygen atoms in total. The smallest absolute Gasteiger partial charge is 0.252 e. The first-order valence-corrected chi connectivity index (χ1v) is 10.8. The molecule has 0 saturated heterocycles. The van der Waals surface area contributed by atoms with E-state index < -0.39 is 0 Å². The summed E-state index contributed by atoms with van der Waals surface area (Å²) in [7, 11) is 0. The summed E-state index contributed by atoms with van der Waals surface area (Å²) in [6.45, 7) is 3.04. The Morgan fingerprint density at radius 3 is 2.58 bits per heavy atom. The molecule has 5 heteroatoms. The van der Waals surface area contributed by atoms with Crippen molar-refractivity contribution < 1.29 is 26.9 Å². The molecule has 0 aliphatic heterocycles. The summed E-state index contributed by atoms with van der Waals surface area (Å²) in [4.78, 5) is 13.2. The summed E-state index contributed by atoms with van der Waals surface area (Å²) < 4.78 is 5.85. The van der Waals surface area contributed by atoms with Crippen molar-refractivity contribution in [2.45, 2.75) is 44.6 Å². The zero-order chi connectivity index (χ0) is 21.0. The van der Waals surface area contributed by atoms with Crippen LogP contribution in [0, 0.1) is 6.92 Å². The van der Waals surface area contributed by atoms with E-state index in [-0.39, 0.29) is 28.8 Å². The molecule has 2 N–H and O–H groups in total. The maximum absolute atomic E-state index is 13.2. The van der Waals surface area contributed by atoms with Gasteiger partial charge in [0.1, 0.15) is 5.75 Å². The van der Waals surface area contributed by atoms with Gasteiger partial charge < -0.3 is 15.8 Å². The van der Waals surface area contributed by atoms with Crippen LogP contribution in [0.25, 0.3) is 16.5 Å². The van der Waals surface area contributed by atoms with E-state index in [0.29, 0.717) is 18.7 Å². The van der Waals surface area contributed by atoms with Gasteiger partial charge in [-0.25, -0.2) is 0 Å². The number of hydrogen-bond acceptors (Lipinski definition) is 2. The Morgan fingerprint density at radius 2 is 1.81 bits per heavy atom. The molecule has 3 aromatic rings. The van der Waals surface area contributed by atoms with E-state index in [9.17, 15) is 4.79 Å². The quantitative estimate of drug-likeness (QED) is 0.394. The van der Waals surface area contributed by atoms with Crippen LogP contribution in [0.2, 0.25) is 0 Å². The molecule has 3 aromatic carbocycles. The van der Waals surface area contributed by atoms with Crippen molar-refractivity contribution in [3.63, 3.8) is 0 Å². The van der Waals surface area contributed by atoms with E-state index in [4.69, 9.17) is 10.5 Å². The largest absolute Gasteiger partial charge is 0.677 e. The third kappa shape index (κ3) is 5.30. The van der Waals surface area contributed by atoms with E-state index >= 15 is 0 Å². The molecule has 1 aliphatic carbocycles. The Labute approximate surface area is 195 Å². The van der Waals surface area contributed by atoms with E-state index in [0.717, 1.165) is 43.4 Å². The number of carbonyl (C=O) groups is 1. The van der Waals surface area contributed by atoms with Gasteiger partial charge in [0, 0.05) is 22.9 Å². The van der Waals surface area contributed by atoms with Crippen molar-refractivity contribution in [2.24, 2.45) is 0 Å². The minimum Gasteiger partial charge on any atom is -0.677 e. The average molecular weight is 454 g/mol. The third-order valence-electron chi connectivity index (χ3n) is 5.95. The SMILES string of the molecule is Cc1ccc(OCCCCC[NH-])cc1C(=O)NC1(c2cccc3ccccc23)CC1.[Cr]. The molecule has 0 atom stereocenters. The normalized spacial score (nSPS) is 14.0. The van der Waals surface area contributed by atoms with Crippen molar-refractivity contribution in [3.05, 3.63) is 83.1 Å². The van der Waals surface area contributed by atoms with Gasteiger partial charge in [0.15, 0.2) is 0 Å². The number of fused-ring (bicyclic) bond motifs is 1. The molecule has 0 heterocycles. The van der Waals surface area contributed by atoms with Crippen LogP contribution in [0.4, 0.5) is 0 Å². The van der Waals surface area contributed by atoms with Crippen LogP contribution in [-0.2, 0) is 22.9 Å². The second-order valence-corrected chi connectivity index (χ2v) is 8.20. The zero-order valence-electron chi connectivity index (χ0n) is 17.9. The second-order valence-electron chi connectivity index (χ2n) is 8.20. The van der Waals surface area contributed by atoms with Gasteiger partial charge >= 0.3 is 0 Å². The first-order chi connectivity index (χ1) is 14.6. The fourth-order valence-electron chi connectivity index (χ4n) is 4.04. The number of hydrogen-bond donors (Lipinski definition) is 1. The summed E-state index contributed by atoms with van der Waals surface area (Å²) in [5.41, 5.74) is 9.74. The summed E-state index contributed by atoms with van der Waals surface area (Å²) in [5.74, 6) is 0.684. The van der Waals surface area contributed by atoms with Gasteiger partial charge in [-0.2, -0.15) is 6.54 Å². The van der Waals surface area contributed by atoms with Gasteiger partial charge in [-0.05, 0) is 60.2 Å². The van der Waals surface area contributed by atoms with Crippen LogP contribution in [0.5, 0.6) is 5.75 Å². The number of amides is 1. The predicted octanol–water partition coefficient (Wildman–Crippen LogP) is 6.17. The number of benzene rings is 3. The minimum atomic E-state index is -0.280. The van der Waals surface area contributed by atoms with Gasteiger partial charge in [0.2, 0.25) is 0 Å². The molecule has 1 fully saturated rings. The molecular weight excluding hydrogens is 424 g/mol. The molecule has 1 saturated carbocycles. The van der Waals surface area contributed by atoms with Crippen LogP contribution < -0.4 is 10.1 Å². The van der Waals surface area contributed by atoms with E-state index in [1.54, 1.807) is 0 Å². The maximum atomic E-state index is 13.2. The molecule has 0 spiro atoms. The summed E-state index contributed by atoms with van der Waals surface area (Å²) >= 11 is 0. The van der Waals surface area contributed by atoms with Crippen LogP contribution in [0.3, 0.4) is 0 Å². The van der Waals surface area contributed by atoms with Crippen LogP contribution in [-0.4, -0.2) is 19.1 Å². The Balaban J connectivity index is 0.00000272. The average Bonchev–Trinajstić information content (AvgIpc) is 3.54. The van der Waals surface area contributed by atoms with E-state index in [1.807, 2.05) is 31.2 Å². The maximum Gasteiger partial charge on any atom is 0.252 e. The number of aryl methyl sites for hydroxylation is 1. The molecule has 0 unspecified atom stereocenters. The number of ether oxygens (including phenoxy) is 1. The van der Waals surface area contributed by atoms with Gasteiger partial charge in [-0.1, -0.05) is 61.4 Å². The third-order valence-corrected chi connectivity index (χ3v) is 5.95. The number of nitrogens with one attached hydrogen (secondary N) is 2. The fraction of sp³-hybridized carbons (Fsp3) is 0.346. The van der Waals surface area contributed by atoms with Crippen molar-refractivity contribution in [2.75, 3.05) is 13.2 Å². The zero-order valence-corrected chi connectivity index (χ0v) is 19.2.